The van der Waals surface area contributed by atoms with Crippen LogP contribution in [0.2, 0.25) is 0 Å². The number of para-hydroxylation sites is 2. The van der Waals surface area contributed by atoms with Crippen LogP contribution in [0.15, 0.2) is 24.3 Å². The fourth-order valence-corrected chi connectivity index (χ4v) is 1.57. The number of ether oxygens (including phenoxy) is 2. The van der Waals surface area contributed by atoms with E-state index < -0.39 is 5.60 Å². The van der Waals surface area contributed by atoms with Crippen molar-refractivity contribution in [1.82, 2.24) is 0 Å². The van der Waals surface area contributed by atoms with Gasteiger partial charge in [0.25, 0.3) is 5.91 Å². The summed E-state index contributed by atoms with van der Waals surface area (Å²) in [7, 11) is 1.54. The molecule has 1 aromatic rings. The molecule has 0 aliphatic carbocycles. The topological polar surface area (TPSA) is 47.6 Å². The molecule has 80 valence electrons. The van der Waals surface area contributed by atoms with E-state index in [1.165, 1.54) is 0 Å². The van der Waals surface area contributed by atoms with Crippen LogP contribution in [0.4, 0.5) is 5.69 Å². The van der Waals surface area contributed by atoms with E-state index in [0.717, 1.165) is 0 Å². The van der Waals surface area contributed by atoms with Crippen molar-refractivity contribution in [2.75, 3.05) is 19.0 Å². The van der Waals surface area contributed by atoms with Crippen molar-refractivity contribution in [1.29, 1.82) is 0 Å². The third-order valence-electron chi connectivity index (χ3n) is 2.37. The van der Waals surface area contributed by atoms with Crippen LogP contribution >= 0.6 is 0 Å². The van der Waals surface area contributed by atoms with Gasteiger partial charge in [-0.3, -0.25) is 4.79 Å². The standard InChI is InChI=1S/C11H13NO3/c1-11(7-14-2)10(13)12-8-5-3-4-6-9(8)15-11/h3-6H,7H2,1-2H3,(H,12,13). The van der Waals surface area contributed by atoms with Crippen LogP contribution in [0.25, 0.3) is 0 Å². The van der Waals surface area contributed by atoms with Gasteiger partial charge in [-0.05, 0) is 19.1 Å². The molecule has 1 unspecified atom stereocenters. The van der Waals surface area contributed by atoms with Crippen molar-refractivity contribution >= 4 is 11.6 Å². The van der Waals surface area contributed by atoms with Crippen LogP contribution in [-0.4, -0.2) is 25.2 Å². The lowest BCUT2D eigenvalue weighted by Gasteiger charge is -2.33. The molecule has 1 aromatic carbocycles. The molecule has 4 nitrogen and oxygen atoms in total. The Kier molecular flexibility index (Phi) is 2.36. The van der Waals surface area contributed by atoms with Gasteiger partial charge in [0.05, 0.1) is 12.3 Å². The van der Waals surface area contributed by atoms with E-state index in [2.05, 4.69) is 5.32 Å². The second-order valence-corrected chi connectivity index (χ2v) is 3.72. The number of amides is 1. The van der Waals surface area contributed by atoms with Gasteiger partial charge in [0.2, 0.25) is 5.60 Å². The second kappa shape index (κ2) is 3.55. The maximum atomic E-state index is 11.8. The van der Waals surface area contributed by atoms with Crippen molar-refractivity contribution in [2.24, 2.45) is 0 Å². The summed E-state index contributed by atoms with van der Waals surface area (Å²) >= 11 is 0. The first kappa shape index (κ1) is 9.98. The normalized spacial score (nSPS) is 24.0. The van der Waals surface area contributed by atoms with Crippen LogP contribution in [0, 0.1) is 0 Å². The predicted molar refractivity (Wildman–Crippen MR) is 56.0 cm³/mol. The van der Waals surface area contributed by atoms with E-state index in [0.29, 0.717) is 11.4 Å². The molecule has 15 heavy (non-hydrogen) atoms. The molecule has 4 heteroatoms. The van der Waals surface area contributed by atoms with E-state index in [1.54, 1.807) is 20.1 Å². The van der Waals surface area contributed by atoms with Gasteiger partial charge in [-0.15, -0.1) is 0 Å². The quantitative estimate of drug-likeness (QED) is 0.797. The average molecular weight is 207 g/mol. The Bertz CT molecular complexity index is 391. The van der Waals surface area contributed by atoms with Gasteiger partial charge in [0.15, 0.2) is 0 Å². The van der Waals surface area contributed by atoms with Crippen molar-refractivity contribution in [2.45, 2.75) is 12.5 Å². The summed E-state index contributed by atoms with van der Waals surface area (Å²) in [5.74, 6) is 0.500. The number of carbonyl (C=O) groups is 1. The molecule has 1 atom stereocenters. The Balaban J connectivity index is 2.33. The number of methoxy groups -OCH3 is 1. The lowest BCUT2D eigenvalue weighted by molar-refractivity contribution is -0.135. The molecule has 2 rings (SSSR count). The smallest absolute Gasteiger partial charge is 0.270 e. The summed E-state index contributed by atoms with van der Waals surface area (Å²) in [6, 6.07) is 7.34. The van der Waals surface area contributed by atoms with E-state index >= 15 is 0 Å². The molecule has 1 heterocycles. The molecule has 1 N–H and O–H groups in total. The minimum atomic E-state index is -0.941. The number of hydrogen-bond acceptors (Lipinski definition) is 3. The fraction of sp³-hybridized carbons (Fsp3) is 0.364. The lowest BCUT2D eigenvalue weighted by atomic mass is 10.0. The highest BCUT2D eigenvalue weighted by Gasteiger charge is 2.40. The lowest BCUT2D eigenvalue weighted by Crippen LogP contribution is -2.51. The SMILES string of the molecule is COCC1(C)Oc2ccccc2NC1=O. The third kappa shape index (κ3) is 1.68. The molecule has 1 amide bonds. The first-order valence-electron chi connectivity index (χ1n) is 4.74. The van der Waals surface area contributed by atoms with Crippen LogP contribution in [-0.2, 0) is 9.53 Å². The molecular weight excluding hydrogens is 194 g/mol. The van der Waals surface area contributed by atoms with E-state index in [1.807, 2.05) is 18.2 Å². The maximum Gasteiger partial charge on any atom is 0.270 e. The number of rotatable bonds is 2. The monoisotopic (exact) mass is 207 g/mol. The molecule has 0 bridgehead atoms. The minimum Gasteiger partial charge on any atom is -0.473 e. The van der Waals surface area contributed by atoms with Gasteiger partial charge in [-0.2, -0.15) is 0 Å². The molecule has 0 aromatic heterocycles. The fourth-order valence-electron chi connectivity index (χ4n) is 1.57. The Morgan fingerprint density at radius 2 is 2.20 bits per heavy atom. The summed E-state index contributed by atoms with van der Waals surface area (Å²) < 4.78 is 10.6. The Hall–Kier alpha value is -1.55. The summed E-state index contributed by atoms with van der Waals surface area (Å²) in [5, 5.41) is 2.79. The van der Waals surface area contributed by atoms with Gasteiger partial charge in [-0.1, -0.05) is 12.1 Å². The van der Waals surface area contributed by atoms with E-state index in [4.69, 9.17) is 9.47 Å². The van der Waals surface area contributed by atoms with Gasteiger partial charge in [0.1, 0.15) is 5.75 Å². The molecule has 0 spiro atoms. The van der Waals surface area contributed by atoms with Gasteiger partial charge in [-0.25, -0.2) is 0 Å². The minimum absolute atomic E-state index is 0.178. The van der Waals surface area contributed by atoms with Crippen LogP contribution in [0.3, 0.4) is 0 Å². The molecular formula is C11H13NO3. The first-order valence-corrected chi connectivity index (χ1v) is 4.74. The average Bonchev–Trinajstić information content (AvgIpc) is 2.20. The van der Waals surface area contributed by atoms with Crippen molar-refractivity contribution in [3.63, 3.8) is 0 Å². The van der Waals surface area contributed by atoms with Crippen molar-refractivity contribution in [3.05, 3.63) is 24.3 Å². The number of carbonyl (C=O) groups excluding carboxylic acids is 1. The summed E-state index contributed by atoms with van der Waals surface area (Å²) in [5.41, 5.74) is -0.237. The Labute approximate surface area is 88.2 Å². The van der Waals surface area contributed by atoms with Crippen LogP contribution < -0.4 is 10.1 Å². The highest BCUT2D eigenvalue weighted by atomic mass is 16.5. The third-order valence-corrected chi connectivity index (χ3v) is 2.37. The predicted octanol–water partition coefficient (Wildman–Crippen LogP) is 1.42. The number of benzene rings is 1. The molecule has 0 saturated carbocycles. The van der Waals surface area contributed by atoms with Gasteiger partial charge < -0.3 is 14.8 Å². The van der Waals surface area contributed by atoms with E-state index in [9.17, 15) is 4.79 Å². The van der Waals surface area contributed by atoms with Gasteiger partial charge in [0, 0.05) is 7.11 Å². The van der Waals surface area contributed by atoms with Crippen molar-refractivity contribution in [3.8, 4) is 5.75 Å². The molecule has 0 radical (unpaired) electrons. The summed E-state index contributed by atoms with van der Waals surface area (Å²) in [6.45, 7) is 1.94. The number of fused-ring (bicyclic) bond motifs is 1. The molecule has 1 aliphatic heterocycles. The Morgan fingerprint density at radius 3 is 2.93 bits per heavy atom. The maximum absolute atomic E-state index is 11.8. The van der Waals surface area contributed by atoms with Crippen molar-refractivity contribution < 1.29 is 14.3 Å². The molecule has 0 saturated heterocycles. The molecule has 0 fully saturated rings. The zero-order chi connectivity index (χ0) is 10.9. The second-order valence-electron chi connectivity index (χ2n) is 3.72. The van der Waals surface area contributed by atoms with E-state index in [-0.39, 0.29) is 12.5 Å². The highest BCUT2D eigenvalue weighted by molar-refractivity contribution is 6.00. The summed E-state index contributed by atoms with van der Waals surface area (Å²) in [4.78, 5) is 11.8. The van der Waals surface area contributed by atoms with Crippen LogP contribution in [0.5, 0.6) is 5.75 Å². The van der Waals surface area contributed by atoms with Gasteiger partial charge >= 0.3 is 0 Å². The highest BCUT2D eigenvalue weighted by Crippen LogP contribution is 2.33. The molecule has 1 aliphatic rings. The summed E-state index contributed by atoms with van der Waals surface area (Å²) in [6.07, 6.45) is 0. The number of nitrogens with one attached hydrogen (secondary N) is 1. The zero-order valence-corrected chi connectivity index (χ0v) is 8.74. The Morgan fingerprint density at radius 1 is 1.47 bits per heavy atom. The zero-order valence-electron chi connectivity index (χ0n) is 8.74. The first-order chi connectivity index (χ1) is 7.15. The largest absolute Gasteiger partial charge is 0.473 e. The number of hydrogen-bond donors (Lipinski definition) is 1. The number of anilines is 1. The van der Waals surface area contributed by atoms with Crippen LogP contribution in [0.1, 0.15) is 6.92 Å².